The fraction of sp³-hybridized carbons (Fsp3) is 0.750. The lowest BCUT2D eigenvalue weighted by molar-refractivity contribution is -0.116. The number of hydrogen-bond acceptors (Lipinski definition) is 3. The molecule has 2 nitrogen and oxygen atoms in total. The molecule has 0 amide bonds. The largest absolute Gasteiger partial charge is 0.298 e. The monoisotopic (exact) mass is 117 g/mol. The van der Waals surface area contributed by atoms with Gasteiger partial charge in [0.15, 0.2) is 0 Å². The molecule has 1 saturated heterocycles. The summed E-state index contributed by atoms with van der Waals surface area (Å²) in [6, 6.07) is 0. The smallest absolute Gasteiger partial charge is 0.149 e. The second kappa shape index (κ2) is 1.84. The Bertz CT molecular complexity index is 93.7. The molecule has 0 N–H and O–H groups in total. The van der Waals surface area contributed by atoms with Crippen molar-refractivity contribution in [3.63, 3.8) is 0 Å². The Kier molecular flexibility index (Phi) is 1.35. The number of rotatable bonds is 0. The molecule has 0 aromatic heterocycles. The molecule has 0 aromatic rings. The zero-order chi connectivity index (χ0) is 5.28. The van der Waals surface area contributed by atoms with Gasteiger partial charge >= 0.3 is 0 Å². The van der Waals surface area contributed by atoms with Crippen molar-refractivity contribution in [2.24, 2.45) is 0 Å². The summed E-state index contributed by atoms with van der Waals surface area (Å²) in [5.74, 6) is 0.301. The molecule has 0 saturated carbocycles. The van der Waals surface area contributed by atoms with Gasteiger partial charge in [0.1, 0.15) is 5.78 Å². The van der Waals surface area contributed by atoms with E-state index in [0.29, 0.717) is 18.7 Å². The molecule has 0 spiro atoms. The van der Waals surface area contributed by atoms with Gasteiger partial charge < -0.3 is 0 Å². The number of carbonyl (C=O) groups is 1. The standard InChI is InChI=1S/C4H7NOS/c6-4-1-2-5(7)3-4/h7H,1-3H2. The highest BCUT2D eigenvalue weighted by Crippen LogP contribution is 2.04. The summed E-state index contributed by atoms with van der Waals surface area (Å²) in [4.78, 5) is 10.4. The first kappa shape index (κ1) is 5.12. The van der Waals surface area contributed by atoms with Gasteiger partial charge in [-0.3, -0.25) is 4.79 Å². The average Bonchev–Trinajstić information content (AvgIpc) is 1.87. The zero-order valence-corrected chi connectivity index (χ0v) is 4.82. The van der Waals surface area contributed by atoms with Crippen LogP contribution in [0.25, 0.3) is 0 Å². The van der Waals surface area contributed by atoms with E-state index < -0.39 is 0 Å². The quantitative estimate of drug-likeness (QED) is 0.454. The third-order valence-electron chi connectivity index (χ3n) is 1.01. The number of nitrogens with zero attached hydrogens (tertiary/aromatic N) is 1. The van der Waals surface area contributed by atoms with E-state index in [1.807, 2.05) is 0 Å². The Labute approximate surface area is 48.0 Å². The molecule has 1 heterocycles. The van der Waals surface area contributed by atoms with Crippen molar-refractivity contribution in [3.05, 3.63) is 0 Å². The topological polar surface area (TPSA) is 20.3 Å². The molecule has 0 radical (unpaired) electrons. The second-order valence-corrected chi connectivity index (χ2v) is 2.24. The minimum absolute atomic E-state index is 0.301. The molecule has 1 aliphatic rings. The van der Waals surface area contributed by atoms with Crippen LogP contribution in [-0.4, -0.2) is 23.2 Å². The van der Waals surface area contributed by atoms with Crippen molar-refractivity contribution in [1.82, 2.24) is 4.31 Å². The lowest BCUT2D eigenvalue weighted by Crippen LogP contribution is -2.06. The molecule has 7 heavy (non-hydrogen) atoms. The van der Waals surface area contributed by atoms with Gasteiger partial charge in [-0.15, -0.1) is 0 Å². The first-order chi connectivity index (χ1) is 3.29. The Balaban J connectivity index is 2.40. The van der Waals surface area contributed by atoms with E-state index in [1.54, 1.807) is 4.31 Å². The third kappa shape index (κ3) is 1.17. The Morgan fingerprint density at radius 3 is 2.57 bits per heavy atom. The molecule has 0 atom stereocenters. The van der Waals surface area contributed by atoms with Crippen LogP contribution in [0.3, 0.4) is 0 Å². The van der Waals surface area contributed by atoms with E-state index in [4.69, 9.17) is 0 Å². The fourth-order valence-electron chi connectivity index (χ4n) is 0.615. The van der Waals surface area contributed by atoms with Crippen LogP contribution in [0.1, 0.15) is 6.42 Å². The summed E-state index contributed by atoms with van der Waals surface area (Å²) in [5.41, 5.74) is 0. The van der Waals surface area contributed by atoms with Crippen molar-refractivity contribution in [2.75, 3.05) is 13.1 Å². The molecule has 1 fully saturated rings. The van der Waals surface area contributed by atoms with E-state index in [-0.39, 0.29) is 0 Å². The third-order valence-corrected chi connectivity index (χ3v) is 1.35. The molecule has 1 aliphatic heterocycles. The molecule has 40 valence electrons. The van der Waals surface area contributed by atoms with Gasteiger partial charge in [-0.1, -0.05) is 12.8 Å². The fourth-order valence-corrected chi connectivity index (χ4v) is 0.873. The highest BCUT2D eigenvalue weighted by atomic mass is 32.1. The van der Waals surface area contributed by atoms with Crippen molar-refractivity contribution < 1.29 is 4.79 Å². The summed E-state index contributed by atoms with van der Waals surface area (Å²) in [6.07, 6.45) is 0.684. The van der Waals surface area contributed by atoms with Gasteiger partial charge in [-0.05, 0) is 0 Å². The zero-order valence-electron chi connectivity index (χ0n) is 3.92. The predicted molar refractivity (Wildman–Crippen MR) is 30.2 cm³/mol. The van der Waals surface area contributed by atoms with E-state index >= 15 is 0 Å². The first-order valence-corrected chi connectivity index (χ1v) is 2.64. The van der Waals surface area contributed by atoms with E-state index in [0.717, 1.165) is 6.54 Å². The summed E-state index contributed by atoms with van der Waals surface area (Å²) >= 11 is 3.96. The van der Waals surface area contributed by atoms with Crippen molar-refractivity contribution in [1.29, 1.82) is 0 Å². The minimum Gasteiger partial charge on any atom is -0.298 e. The SMILES string of the molecule is O=C1CCN(S)C1. The summed E-state index contributed by atoms with van der Waals surface area (Å²) < 4.78 is 1.72. The molecular formula is C4H7NOS. The molecule has 3 heteroatoms. The number of thiol groups is 1. The normalized spacial score (nSPS) is 23.9. The van der Waals surface area contributed by atoms with Crippen LogP contribution in [0.2, 0.25) is 0 Å². The Morgan fingerprint density at radius 2 is 2.43 bits per heavy atom. The van der Waals surface area contributed by atoms with E-state index in [9.17, 15) is 4.79 Å². The van der Waals surface area contributed by atoms with Gasteiger partial charge in [-0.25, -0.2) is 4.31 Å². The highest BCUT2D eigenvalue weighted by molar-refractivity contribution is 7.77. The maximum Gasteiger partial charge on any atom is 0.149 e. The first-order valence-electron chi connectivity index (χ1n) is 2.24. The number of Topliss-reactive ketones (excluding diaryl/α,β-unsaturated/α-hetero) is 1. The molecule has 0 bridgehead atoms. The summed E-state index contributed by atoms with van der Waals surface area (Å²) in [6.45, 7) is 1.35. The van der Waals surface area contributed by atoms with E-state index in [2.05, 4.69) is 12.8 Å². The lowest BCUT2D eigenvalue weighted by Gasteiger charge is -1.97. The van der Waals surface area contributed by atoms with Gasteiger partial charge in [0.2, 0.25) is 0 Å². The maximum atomic E-state index is 10.4. The number of hydrogen-bond donors (Lipinski definition) is 1. The minimum atomic E-state index is 0.301. The average molecular weight is 117 g/mol. The molecule has 1 rings (SSSR count). The van der Waals surface area contributed by atoms with Gasteiger partial charge in [0.05, 0.1) is 6.54 Å². The van der Waals surface area contributed by atoms with Crippen molar-refractivity contribution in [2.45, 2.75) is 6.42 Å². The Morgan fingerprint density at radius 1 is 1.71 bits per heavy atom. The summed E-state index contributed by atoms with van der Waals surface area (Å²) in [7, 11) is 0. The molecule has 0 aromatic carbocycles. The highest BCUT2D eigenvalue weighted by Gasteiger charge is 2.14. The summed E-state index contributed by atoms with van der Waals surface area (Å²) in [5, 5.41) is 0. The van der Waals surface area contributed by atoms with Crippen LogP contribution in [0.15, 0.2) is 0 Å². The van der Waals surface area contributed by atoms with Crippen LogP contribution < -0.4 is 0 Å². The van der Waals surface area contributed by atoms with Crippen LogP contribution >= 0.6 is 12.8 Å². The van der Waals surface area contributed by atoms with Crippen LogP contribution in [-0.2, 0) is 4.79 Å². The second-order valence-electron chi connectivity index (χ2n) is 1.68. The molecule has 0 unspecified atom stereocenters. The van der Waals surface area contributed by atoms with Crippen LogP contribution in [0.5, 0.6) is 0 Å². The van der Waals surface area contributed by atoms with Gasteiger partial charge in [0.25, 0.3) is 0 Å². The van der Waals surface area contributed by atoms with E-state index in [1.165, 1.54) is 0 Å². The maximum absolute atomic E-state index is 10.4. The number of ketones is 1. The van der Waals surface area contributed by atoms with Gasteiger partial charge in [0, 0.05) is 13.0 Å². The molecule has 0 aliphatic carbocycles. The van der Waals surface area contributed by atoms with Crippen molar-refractivity contribution in [3.8, 4) is 0 Å². The van der Waals surface area contributed by atoms with Crippen LogP contribution in [0, 0.1) is 0 Å². The number of carbonyl (C=O) groups excluding carboxylic acids is 1. The van der Waals surface area contributed by atoms with Crippen molar-refractivity contribution >= 4 is 18.6 Å². The lowest BCUT2D eigenvalue weighted by atomic mass is 10.4. The van der Waals surface area contributed by atoms with Crippen LogP contribution in [0.4, 0.5) is 0 Å². The predicted octanol–water partition coefficient (Wildman–Crippen LogP) is 0.106. The molecular weight excluding hydrogens is 110 g/mol. The Hall–Kier alpha value is -0.0200. The van der Waals surface area contributed by atoms with Gasteiger partial charge in [-0.2, -0.15) is 0 Å².